The molecule has 0 amide bonds. The molecule has 0 saturated carbocycles. The third-order valence-electron chi connectivity index (χ3n) is 4.63. The number of hydrogen-bond acceptors (Lipinski definition) is 6. The van der Waals surface area contributed by atoms with E-state index < -0.39 is 5.82 Å². The van der Waals surface area contributed by atoms with Gasteiger partial charge in [0.25, 0.3) is 0 Å². The van der Waals surface area contributed by atoms with E-state index >= 15 is 0 Å². The van der Waals surface area contributed by atoms with Crippen LogP contribution < -0.4 is 10.2 Å². The number of aromatic nitrogens is 4. The van der Waals surface area contributed by atoms with E-state index in [4.69, 9.17) is 0 Å². The molecule has 3 heterocycles. The molecule has 0 unspecified atom stereocenters. The number of aryl methyl sites for hydroxylation is 1. The summed E-state index contributed by atoms with van der Waals surface area (Å²) in [5.74, 6) is 0.0437. The molecule has 1 N–H and O–H groups in total. The molecule has 1 aromatic carbocycles. The van der Waals surface area contributed by atoms with Gasteiger partial charge < -0.3 is 15.1 Å². The summed E-state index contributed by atoms with van der Waals surface area (Å²) in [5, 5.41) is 7.61. The Labute approximate surface area is 157 Å². The summed E-state index contributed by atoms with van der Waals surface area (Å²) in [6.07, 6.45) is 4.24. The van der Waals surface area contributed by atoms with E-state index in [0.29, 0.717) is 11.6 Å². The predicted molar refractivity (Wildman–Crippen MR) is 103 cm³/mol. The van der Waals surface area contributed by atoms with Crippen molar-refractivity contribution in [2.24, 2.45) is 0 Å². The van der Waals surface area contributed by atoms with Gasteiger partial charge in [0.2, 0.25) is 5.95 Å². The van der Waals surface area contributed by atoms with Crippen LogP contribution >= 0.6 is 0 Å². The summed E-state index contributed by atoms with van der Waals surface area (Å²) in [6, 6.07) is 7.73. The standard InChI is InChI=1S/C19H22FN7/c1-14-7-16(10-17(8-14)26-5-3-25(2)4-6-26)23-19-22-13-27(24-19)18-9-15(20)11-21-12-18/h7-13H,3-6H2,1-2H3,(H,23,24). The van der Waals surface area contributed by atoms with Crippen molar-refractivity contribution in [3.8, 4) is 5.69 Å². The topological polar surface area (TPSA) is 62.1 Å². The van der Waals surface area contributed by atoms with Gasteiger partial charge in [-0.2, -0.15) is 4.98 Å². The lowest BCUT2D eigenvalue weighted by atomic mass is 10.1. The van der Waals surface area contributed by atoms with Crippen LogP contribution in [0.5, 0.6) is 0 Å². The van der Waals surface area contributed by atoms with Gasteiger partial charge in [0, 0.05) is 43.6 Å². The summed E-state index contributed by atoms with van der Waals surface area (Å²) in [4.78, 5) is 12.8. The van der Waals surface area contributed by atoms with Gasteiger partial charge in [-0.05, 0) is 37.7 Å². The number of halogens is 1. The molecule has 8 heteroatoms. The first-order valence-electron chi connectivity index (χ1n) is 8.92. The lowest BCUT2D eigenvalue weighted by Gasteiger charge is -2.34. The number of likely N-dealkylation sites (N-methyl/N-ethyl adjacent to an activating group) is 1. The molecule has 7 nitrogen and oxygen atoms in total. The Morgan fingerprint density at radius 3 is 2.59 bits per heavy atom. The smallest absolute Gasteiger partial charge is 0.246 e. The summed E-state index contributed by atoms with van der Waals surface area (Å²) in [6.45, 7) is 6.22. The molecule has 0 bridgehead atoms. The van der Waals surface area contributed by atoms with Gasteiger partial charge in [-0.25, -0.2) is 9.07 Å². The molecule has 0 spiro atoms. The minimum absolute atomic E-state index is 0.409. The van der Waals surface area contributed by atoms with Crippen molar-refractivity contribution < 1.29 is 4.39 Å². The van der Waals surface area contributed by atoms with Crippen LogP contribution in [0.2, 0.25) is 0 Å². The fourth-order valence-corrected chi connectivity index (χ4v) is 3.18. The van der Waals surface area contributed by atoms with E-state index in [0.717, 1.165) is 38.1 Å². The molecule has 2 aromatic heterocycles. The predicted octanol–water partition coefficient (Wildman–Crippen LogP) is 2.61. The minimum atomic E-state index is -0.409. The molecule has 0 atom stereocenters. The largest absolute Gasteiger partial charge is 0.369 e. The summed E-state index contributed by atoms with van der Waals surface area (Å²) in [7, 11) is 2.15. The maximum Gasteiger partial charge on any atom is 0.246 e. The van der Waals surface area contributed by atoms with Crippen molar-refractivity contribution in [1.82, 2.24) is 24.6 Å². The Morgan fingerprint density at radius 1 is 1.00 bits per heavy atom. The Hall–Kier alpha value is -3.00. The second kappa shape index (κ2) is 7.32. The Bertz CT molecular complexity index is 931. The van der Waals surface area contributed by atoms with Gasteiger partial charge in [0.05, 0.1) is 18.1 Å². The van der Waals surface area contributed by atoms with Gasteiger partial charge in [0.15, 0.2) is 0 Å². The average molecular weight is 367 g/mol. The maximum absolute atomic E-state index is 13.3. The monoisotopic (exact) mass is 367 g/mol. The number of benzene rings is 1. The highest BCUT2D eigenvalue weighted by molar-refractivity contribution is 5.64. The van der Waals surface area contributed by atoms with Gasteiger partial charge in [-0.15, -0.1) is 5.10 Å². The third-order valence-corrected chi connectivity index (χ3v) is 4.63. The van der Waals surface area contributed by atoms with E-state index in [1.165, 1.54) is 28.3 Å². The number of nitrogens with one attached hydrogen (secondary N) is 1. The number of anilines is 3. The summed E-state index contributed by atoms with van der Waals surface area (Å²) >= 11 is 0. The number of piperazine rings is 1. The van der Waals surface area contributed by atoms with E-state index in [-0.39, 0.29) is 0 Å². The van der Waals surface area contributed by atoms with Crippen molar-refractivity contribution in [3.05, 3.63) is 54.4 Å². The van der Waals surface area contributed by atoms with E-state index in [9.17, 15) is 4.39 Å². The molecule has 0 radical (unpaired) electrons. The second-order valence-electron chi connectivity index (χ2n) is 6.85. The van der Waals surface area contributed by atoms with Crippen LogP contribution in [0.3, 0.4) is 0 Å². The van der Waals surface area contributed by atoms with Crippen LogP contribution in [0.1, 0.15) is 5.56 Å². The molecule has 1 saturated heterocycles. The SMILES string of the molecule is Cc1cc(Nc2ncn(-c3cncc(F)c3)n2)cc(N2CCN(C)CC2)c1. The first-order chi connectivity index (χ1) is 13.1. The van der Waals surface area contributed by atoms with Crippen molar-refractivity contribution in [2.45, 2.75) is 6.92 Å². The van der Waals surface area contributed by atoms with Gasteiger partial charge >= 0.3 is 0 Å². The van der Waals surface area contributed by atoms with Gasteiger partial charge in [-0.1, -0.05) is 0 Å². The molecule has 0 aliphatic carbocycles. The minimum Gasteiger partial charge on any atom is -0.369 e. The number of hydrogen-bond donors (Lipinski definition) is 1. The molecule has 1 fully saturated rings. The quantitative estimate of drug-likeness (QED) is 0.765. The van der Waals surface area contributed by atoms with E-state index in [1.54, 1.807) is 6.20 Å². The van der Waals surface area contributed by atoms with E-state index in [1.807, 2.05) is 0 Å². The summed E-state index contributed by atoms with van der Waals surface area (Å²) < 4.78 is 14.8. The van der Waals surface area contributed by atoms with Crippen molar-refractivity contribution >= 4 is 17.3 Å². The normalized spacial score (nSPS) is 15.1. The molecule has 27 heavy (non-hydrogen) atoms. The first-order valence-corrected chi connectivity index (χ1v) is 8.92. The zero-order chi connectivity index (χ0) is 18.8. The Kier molecular flexibility index (Phi) is 4.72. The summed E-state index contributed by atoms with van der Waals surface area (Å²) in [5.41, 5.74) is 3.82. The highest BCUT2D eigenvalue weighted by atomic mass is 19.1. The molecule has 4 rings (SSSR count). The van der Waals surface area contributed by atoms with Crippen molar-refractivity contribution in [3.63, 3.8) is 0 Å². The van der Waals surface area contributed by atoms with Crippen LogP contribution in [-0.2, 0) is 0 Å². The van der Waals surface area contributed by atoms with Crippen LogP contribution in [0.4, 0.5) is 21.7 Å². The zero-order valence-corrected chi connectivity index (χ0v) is 15.4. The number of pyridine rings is 1. The van der Waals surface area contributed by atoms with Crippen LogP contribution in [-0.4, -0.2) is 57.9 Å². The zero-order valence-electron chi connectivity index (χ0n) is 15.4. The second-order valence-corrected chi connectivity index (χ2v) is 6.85. The molecule has 1 aliphatic heterocycles. The maximum atomic E-state index is 13.3. The molecular weight excluding hydrogens is 345 g/mol. The van der Waals surface area contributed by atoms with Crippen LogP contribution in [0, 0.1) is 12.7 Å². The van der Waals surface area contributed by atoms with E-state index in [2.05, 4.69) is 62.4 Å². The fraction of sp³-hybridized carbons (Fsp3) is 0.316. The van der Waals surface area contributed by atoms with Crippen LogP contribution in [0.15, 0.2) is 43.0 Å². The van der Waals surface area contributed by atoms with Crippen molar-refractivity contribution in [1.29, 1.82) is 0 Å². The van der Waals surface area contributed by atoms with Crippen molar-refractivity contribution in [2.75, 3.05) is 43.4 Å². The molecule has 140 valence electrons. The molecule has 3 aromatic rings. The highest BCUT2D eigenvalue weighted by Crippen LogP contribution is 2.25. The highest BCUT2D eigenvalue weighted by Gasteiger charge is 2.15. The van der Waals surface area contributed by atoms with Gasteiger partial charge in [-0.3, -0.25) is 4.98 Å². The average Bonchev–Trinajstić information content (AvgIpc) is 3.10. The third kappa shape index (κ3) is 4.06. The molecule has 1 aliphatic rings. The van der Waals surface area contributed by atoms with Crippen LogP contribution in [0.25, 0.3) is 5.69 Å². The number of rotatable bonds is 4. The Morgan fingerprint density at radius 2 is 1.81 bits per heavy atom. The first kappa shape index (κ1) is 17.4. The Balaban J connectivity index is 1.53. The fourth-order valence-electron chi connectivity index (χ4n) is 3.18. The lowest BCUT2D eigenvalue weighted by Crippen LogP contribution is -2.44. The number of nitrogens with zero attached hydrogens (tertiary/aromatic N) is 6. The molecular formula is C19H22FN7. The lowest BCUT2D eigenvalue weighted by molar-refractivity contribution is 0.313. The van der Waals surface area contributed by atoms with Gasteiger partial charge in [0.1, 0.15) is 12.1 Å².